The summed E-state index contributed by atoms with van der Waals surface area (Å²) in [4.78, 5) is 29.5. The molecule has 2 aromatic rings. The number of carbonyl (C=O) groups excluding carboxylic acids is 2. The second kappa shape index (κ2) is 11.3. The van der Waals surface area contributed by atoms with Crippen LogP contribution in [-0.2, 0) is 9.59 Å². The van der Waals surface area contributed by atoms with Crippen molar-refractivity contribution < 1.29 is 18.4 Å². The van der Waals surface area contributed by atoms with Crippen LogP contribution >= 0.6 is 35.0 Å². The van der Waals surface area contributed by atoms with Gasteiger partial charge >= 0.3 is 0 Å². The van der Waals surface area contributed by atoms with Gasteiger partial charge in [-0.05, 0) is 43.2 Å². The number of hydrogen-bond acceptors (Lipinski definition) is 4. The number of nitrogens with one attached hydrogen (secondary N) is 1. The Morgan fingerprint density at radius 1 is 1.06 bits per heavy atom. The van der Waals surface area contributed by atoms with Crippen molar-refractivity contribution >= 4 is 52.5 Å². The van der Waals surface area contributed by atoms with E-state index in [1.807, 2.05) is 17.9 Å². The fraction of sp³-hybridized carbons (Fsp3) is 0.364. The quantitative estimate of drug-likeness (QED) is 0.575. The molecule has 1 fully saturated rings. The van der Waals surface area contributed by atoms with E-state index in [9.17, 15) is 18.4 Å². The molecule has 0 saturated carbocycles. The minimum absolute atomic E-state index is 0.00152. The first kappa shape index (κ1) is 24.8. The van der Waals surface area contributed by atoms with Gasteiger partial charge in [-0.2, -0.15) is 0 Å². The number of halogens is 4. The highest BCUT2D eigenvalue weighted by molar-refractivity contribution is 8.00. The summed E-state index contributed by atoms with van der Waals surface area (Å²) >= 11 is 13.7. The number of rotatable bonds is 6. The lowest BCUT2D eigenvalue weighted by Gasteiger charge is -2.22. The van der Waals surface area contributed by atoms with Crippen LogP contribution in [0.2, 0.25) is 10.0 Å². The van der Waals surface area contributed by atoms with Crippen molar-refractivity contribution in [2.24, 2.45) is 0 Å². The third-order valence-corrected chi connectivity index (χ3v) is 6.95. The Morgan fingerprint density at radius 2 is 1.84 bits per heavy atom. The van der Waals surface area contributed by atoms with Crippen molar-refractivity contribution in [2.45, 2.75) is 18.2 Å². The smallest absolute Gasteiger partial charge is 0.238 e. The van der Waals surface area contributed by atoms with E-state index in [1.165, 1.54) is 17.8 Å². The molecule has 1 N–H and O–H groups in total. The van der Waals surface area contributed by atoms with E-state index in [1.54, 1.807) is 11.0 Å². The molecule has 10 heteroatoms. The molecule has 0 aliphatic carbocycles. The molecule has 32 heavy (non-hydrogen) atoms. The molecule has 1 heterocycles. The molecule has 0 unspecified atom stereocenters. The van der Waals surface area contributed by atoms with Gasteiger partial charge in [0.2, 0.25) is 11.8 Å². The average Bonchev–Trinajstić information content (AvgIpc) is 2.97. The molecule has 5 nitrogen and oxygen atoms in total. The van der Waals surface area contributed by atoms with Gasteiger partial charge in [0.1, 0.15) is 11.6 Å². The molecule has 172 valence electrons. The summed E-state index contributed by atoms with van der Waals surface area (Å²) < 4.78 is 26.7. The summed E-state index contributed by atoms with van der Waals surface area (Å²) in [6.45, 7) is 4.19. The van der Waals surface area contributed by atoms with Crippen molar-refractivity contribution in [2.75, 3.05) is 43.8 Å². The monoisotopic (exact) mass is 501 g/mol. The Bertz CT molecular complexity index is 1010. The van der Waals surface area contributed by atoms with E-state index in [0.717, 1.165) is 29.0 Å². The van der Waals surface area contributed by atoms with Crippen LogP contribution in [0.1, 0.15) is 12.0 Å². The Kier molecular flexibility index (Phi) is 8.76. The Hall–Kier alpha value is -1.87. The lowest BCUT2D eigenvalue weighted by atomic mass is 10.2. The van der Waals surface area contributed by atoms with Crippen LogP contribution in [0.25, 0.3) is 0 Å². The summed E-state index contributed by atoms with van der Waals surface area (Å²) in [5, 5.41) is 3.57. The molecule has 3 rings (SSSR count). The molecule has 0 spiro atoms. The van der Waals surface area contributed by atoms with Crippen molar-refractivity contribution in [3.63, 3.8) is 0 Å². The van der Waals surface area contributed by atoms with Crippen LogP contribution in [0.5, 0.6) is 0 Å². The fourth-order valence-electron chi connectivity index (χ4n) is 3.33. The van der Waals surface area contributed by atoms with Crippen LogP contribution in [0, 0.1) is 18.6 Å². The lowest BCUT2D eigenvalue weighted by Crippen LogP contribution is -2.38. The highest BCUT2D eigenvalue weighted by atomic mass is 35.5. The van der Waals surface area contributed by atoms with Gasteiger partial charge in [0.25, 0.3) is 0 Å². The first-order valence-electron chi connectivity index (χ1n) is 10.1. The molecule has 0 aromatic heterocycles. The lowest BCUT2D eigenvalue weighted by molar-refractivity contribution is -0.128. The maximum atomic E-state index is 13.7. The highest BCUT2D eigenvalue weighted by Gasteiger charge is 2.21. The second-order valence-electron chi connectivity index (χ2n) is 7.50. The number of anilines is 1. The van der Waals surface area contributed by atoms with Crippen molar-refractivity contribution in [1.82, 2.24) is 9.80 Å². The van der Waals surface area contributed by atoms with Gasteiger partial charge in [0.15, 0.2) is 0 Å². The Morgan fingerprint density at radius 3 is 2.59 bits per heavy atom. The maximum absolute atomic E-state index is 13.7. The third-order valence-electron chi connectivity index (χ3n) is 5.08. The van der Waals surface area contributed by atoms with E-state index in [2.05, 4.69) is 5.32 Å². The summed E-state index contributed by atoms with van der Waals surface area (Å²) in [6.07, 6.45) is 0.718. The molecule has 2 aromatic carbocycles. The number of thioether (sulfide) groups is 1. The summed E-state index contributed by atoms with van der Waals surface area (Å²) in [6, 6.07) is 6.55. The predicted molar refractivity (Wildman–Crippen MR) is 125 cm³/mol. The van der Waals surface area contributed by atoms with Crippen LogP contribution in [0.4, 0.5) is 14.5 Å². The highest BCUT2D eigenvalue weighted by Crippen LogP contribution is 2.32. The number of amides is 2. The largest absolute Gasteiger partial charge is 0.341 e. The number of aryl methyl sites for hydroxylation is 1. The topological polar surface area (TPSA) is 52.7 Å². The van der Waals surface area contributed by atoms with Crippen molar-refractivity contribution in [1.29, 1.82) is 0 Å². The van der Waals surface area contributed by atoms with Gasteiger partial charge in [-0.25, -0.2) is 8.78 Å². The van der Waals surface area contributed by atoms with Crippen LogP contribution in [-0.4, -0.2) is 60.1 Å². The van der Waals surface area contributed by atoms with Gasteiger partial charge < -0.3 is 10.2 Å². The fourth-order valence-corrected chi connectivity index (χ4v) is 4.80. The van der Waals surface area contributed by atoms with E-state index in [0.29, 0.717) is 36.2 Å². The van der Waals surface area contributed by atoms with Crippen LogP contribution in [0.15, 0.2) is 35.2 Å². The average molecular weight is 502 g/mol. The molecular weight excluding hydrogens is 479 g/mol. The zero-order chi connectivity index (χ0) is 23.3. The Balaban J connectivity index is 1.48. The Labute approximate surface area is 200 Å². The molecular formula is C22H23Cl2F2N3O2S. The molecule has 1 aliphatic heterocycles. The van der Waals surface area contributed by atoms with E-state index in [4.69, 9.17) is 23.2 Å². The molecule has 0 bridgehead atoms. The molecule has 0 atom stereocenters. The summed E-state index contributed by atoms with van der Waals surface area (Å²) in [5.41, 5.74) is 0.839. The molecule has 2 amide bonds. The minimum atomic E-state index is -0.820. The number of hydrogen-bond donors (Lipinski definition) is 1. The normalized spacial score (nSPS) is 14.8. The zero-order valence-corrected chi connectivity index (χ0v) is 19.8. The number of benzene rings is 2. The summed E-state index contributed by atoms with van der Waals surface area (Å²) in [7, 11) is 0. The third kappa shape index (κ3) is 6.81. The second-order valence-corrected chi connectivity index (χ2v) is 9.33. The SMILES string of the molecule is Cc1cc(SCC(=O)N2CCCN(CC(=O)Nc3ccc(F)cc3F)CC2)c(Cl)cc1Cl. The van der Waals surface area contributed by atoms with Crippen molar-refractivity contribution in [3.8, 4) is 0 Å². The first-order valence-corrected chi connectivity index (χ1v) is 11.8. The number of carbonyl (C=O) groups is 2. The van der Waals surface area contributed by atoms with Gasteiger partial charge in [0.05, 0.1) is 23.0 Å². The minimum Gasteiger partial charge on any atom is -0.341 e. The van der Waals surface area contributed by atoms with E-state index < -0.39 is 17.5 Å². The predicted octanol–water partition coefficient (Wildman–Crippen LogP) is 4.85. The zero-order valence-electron chi connectivity index (χ0n) is 17.5. The van der Waals surface area contributed by atoms with E-state index >= 15 is 0 Å². The van der Waals surface area contributed by atoms with Gasteiger partial charge in [-0.1, -0.05) is 23.2 Å². The van der Waals surface area contributed by atoms with Gasteiger partial charge in [0, 0.05) is 42.2 Å². The van der Waals surface area contributed by atoms with Gasteiger partial charge in [-0.15, -0.1) is 11.8 Å². The number of nitrogens with zero attached hydrogens (tertiary/aromatic N) is 2. The summed E-state index contributed by atoms with van der Waals surface area (Å²) in [5.74, 6) is -1.66. The standard InChI is InChI=1S/C22H23Cl2F2N3O2S/c1-14-9-20(17(24)11-16(14)23)32-13-22(31)29-6-2-5-28(7-8-29)12-21(30)27-19-4-3-15(25)10-18(19)26/h3-4,9-11H,2,5-8,12-13H2,1H3,(H,27,30). The van der Waals surface area contributed by atoms with Crippen LogP contribution in [0.3, 0.4) is 0 Å². The van der Waals surface area contributed by atoms with Gasteiger partial charge in [-0.3, -0.25) is 14.5 Å². The van der Waals surface area contributed by atoms with Crippen molar-refractivity contribution in [3.05, 3.63) is 57.6 Å². The molecule has 1 saturated heterocycles. The maximum Gasteiger partial charge on any atom is 0.238 e. The molecule has 1 aliphatic rings. The van der Waals surface area contributed by atoms with Crippen LogP contribution < -0.4 is 5.32 Å². The molecule has 0 radical (unpaired) electrons. The van der Waals surface area contributed by atoms with E-state index in [-0.39, 0.29) is 23.9 Å². The first-order chi connectivity index (χ1) is 15.2.